The van der Waals surface area contributed by atoms with Crippen LogP contribution in [0.25, 0.3) is 0 Å². The van der Waals surface area contributed by atoms with Crippen molar-refractivity contribution < 1.29 is 4.79 Å². The van der Waals surface area contributed by atoms with Gasteiger partial charge in [0.1, 0.15) is 5.56 Å². The molecule has 2 heterocycles. The molecule has 6 nitrogen and oxygen atoms in total. The Kier molecular flexibility index (Phi) is 4.89. The first-order chi connectivity index (χ1) is 11.6. The van der Waals surface area contributed by atoms with Crippen LogP contribution in [0.4, 0.5) is 5.69 Å². The number of likely N-dealkylation sites (N-methyl/N-ethyl adjacent to an activating group) is 1. The number of rotatable bonds is 5. The van der Waals surface area contributed by atoms with Gasteiger partial charge >= 0.3 is 0 Å². The third-order valence-corrected chi connectivity index (χ3v) is 5.15. The third kappa shape index (κ3) is 3.31. The quantitative estimate of drug-likeness (QED) is 0.835. The largest absolute Gasteiger partial charge is 0.370 e. The number of hydrogen-bond donors (Lipinski definition) is 1. The van der Waals surface area contributed by atoms with E-state index in [-0.39, 0.29) is 23.1 Å². The van der Waals surface area contributed by atoms with Gasteiger partial charge in [0.25, 0.3) is 11.5 Å². The first kappa shape index (κ1) is 16.6. The first-order valence-corrected chi connectivity index (χ1v) is 8.85. The lowest BCUT2D eigenvalue weighted by molar-refractivity contribution is 0.0948. The molecule has 24 heavy (non-hydrogen) atoms. The lowest BCUT2D eigenvalue weighted by Crippen LogP contribution is -2.42. The molecule has 1 atom stereocenters. The Bertz CT molecular complexity index is 791. The van der Waals surface area contributed by atoms with Crippen LogP contribution in [0.3, 0.4) is 0 Å². The highest BCUT2D eigenvalue weighted by molar-refractivity contribution is 7.99. The van der Waals surface area contributed by atoms with Crippen LogP contribution in [-0.4, -0.2) is 40.8 Å². The molecule has 0 spiro atoms. The summed E-state index contributed by atoms with van der Waals surface area (Å²) in [5.74, 6) is 0.458. The average molecular weight is 344 g/mol. The summed E-state index contributed by atoms with van der Waals surface area (Å²) >= 11 is 1.54. The molecule has 0 saturated carbocycles. The summed E-state index contributed by atoms with van der Waals surface area (Å²) in [5.41, 5.74) is 0.929. The standard InChI is InChI=1S/C17H20N4O2S/c1-12(20(2)13-6-4-3-5-7-13)10-18-15(22)14-11-19-17-21(16(14)23)8-9-24-17/h3-7,11-12H,8-10H2,1-2H3,(H,18,22)/t12-/m1/s1. The zero-order valence-electron chi connectivity index (χ0n) is 13.7. The number of carbonyl (C=O) groups is 1. The van der Waals surface area contributed by atoms with E-state index in [0.29, 0.717) is 18.2 Å². The van der Waals surface area contributed by atoms with Gasteiger partial charge in [-0.2, -0.15) is 0 Å². The van der Waals surface area contributed by atoms with Crippen molar-refractivity contribution in [2.45, 2.75) is 24.7 Å². The lowest BCUT2D eigenvalue weighted by Gasteiger charge is -2.27. The molecular weight excluding hydrogens is 324 g/mol. The Hall–Kier alpha value is -2.28. The predicted octanol–water partition coefficient (Wildman–Crippen LogP) is 1.60. The number of fused-ring (bicyclic) bond motifs is 1. The second kappa shape index (κ2) is 7.09. The highest BCUT2D eigenvalue weighted by Crippen LogP contribution is 2.20. The molecule has 1 aromatic heterocycles. The number of nitrogens with zero attached hydrogens (tertiary/aromatic N) is 3. The van der Waals surface area contributed by atoms with Crippen LogP contribution in [0.2, 0.25) is 0 Å². The molecule has 0 bridgehead atoms. The van der Waals surface area contributed by atoms with Gasteiger partial charge in [-0.3, -0.25) is 14.2 Å². The van der Waals surface area contributed by atoms with Crippen molar-refractivity contribution in [2.24, 2.45) is 0 Å². The maximum absolute atomic E-state index is 12.3. The van der Waals surface area contributed by atoms with Crippen molar-refractivity contribution >= 4 is 23.4 Å². The van der Waals surface area contributed by atoms with E-state index in [1.807, 2.05) is 44.3 Å². The minimum Gasteiger partial charge on any atom is -0.370 e. The Labute approximate surface area is 144 Å². The van der Waals surface area contributed by atoms with Crippen molar-refractivity contribution in [1.82, 2.24) is 14.9 Å². The fourth-order valence-corrected chi connectivity index (χ4v) is 3.48. The van der Waals surface area contributed by atoms with E-state index < -0.39 is 0 Å². The molecule has 0 unspecified atom stereocenters. The number of nitrogens with one attached hydrogen (secondary N) is 1. The smallest absolute Gasteiger partial charge is 0.267 e. The van der Waals surface area contributed by atoms with Crippen molar-refractivity contribution in [1.29, 1.82) is 0 Å². The van der Waals surface area contributed by atoms with Gasteiger partial charge in [0.2, 0.25) is 0 Å². The van der Waals surface area contributed by atoms with E-state index >= 15 is 0 Å². The van der Waals surface area contributed by atoms with Crippen LogP contribution in [-0.2, 0) is 6.54 Å². The number of aromatic nitrogens is 2. The lowest BCUT2D eigenvalue weighted by atomic mass is 10.2. The highest BCUT2D eigenvalue weighted by atomic mass is 32.2. The van der Waals surface area contributed by atoms with Crippen LogP contribution in [0.15, 0.2) is 46.5 Å². The molecule has 7 heteroatoms. The minimum absolute atomic E-state index is 0.0945. The molecular formula is C17H20N4O2S. The fourth-order valence-electron chi connectivity index (χ4n) is 2.56. The topological polar surface area (TPSA) is 67.2 Å². The van der Waals surface area contributed by atoms with Crippen molar-refractivity contribution in [3.8, 4) is 0 Å². The molecule has 2 aromatic rings. The third-order valence-electron chi connectivity index (χ3n) is 4.18. The average Bonchev–Trinajstić information content (AvgIpc) is 3.09. The van der Waals surface area contributed by atoms with E-state index in [2.05, 4.69) is 15.2 Å². The van der Waals surface area contributed by atoms with Crippen LogP contribution in [0.5, 0.6) is 0 Å². The van der Waals surface area contributed by atoms with Crippen LogP contribution in [0.1, 0.15) is 17.3 Å². The van der Waals surface area contributed by atoms with Crippen LogP contribution >= 0.6 is 11.8 Å². The maximum atomic E-state index is 12.3. The Balaban J connectivity index is 1.65. The zero-order valence-corrected chi connectivity index (χ0v) is 14.5. The molecule has 0 radical (unpaired) electrons. The summed E-state index contributed by atoms with van der Waals surface area (Å²) in [7, 11) is 1.98. The summed E-state index contributed by atoms with van der Waals surface area (Å²) in [6, 6.07) is 10.1. The van der Waals surface area contributed by atoms with Crippen molar-refractivity contribution in [2.75, 3.05) is 24.2 Å². The Morgan fingerprint density at radius 2 is 2.17 bits per heavy atom. The Morgan fingerprint density at radius 3 is 2.92 bits per heavy atom. The summed E-state index contributed by atoms with van der Waals surface area (Å²) in [6.45, 7) is 3.08. The van der Waals surface area contributed by atoms with Crippen LogP contribution < -0.4 is 15.8 Å². The van der Waals surface area contributed by atoms with Gasteiger partial charge < -0.3 is 10.2 Å². The SMILES string of the molecule is C[C@H](CNC(=O)c1cnc2n(c1=O)CCS2)N(C)c1ccccc1. The summed E-state index contributed by atoms with van der Waals surface area (Å²) in [4.78, 5) is 31.0. The van der Waals surface area contributed by atoms with Gasteiger partial charge in [-0.05, 0) is 19.1 Å². The van der Waals surface area contributed by atoms with Gasteiger partial charge in [-0.25, -0.2) is 4.98 Å². The molecule has 0 aliphatic carbocycles. The number of anilines is 1. The van der Waals surface area contributed by atoms with Gasteiger partial charge in [0.05, 0.1) is 0 Å². The van der Waals surface area contributed by atoms with Gasteiger partial charge in [0.15, 0.2) is 5.16 Å². The summed E-state index contributed by atoms with van der Waals surface area (Å²) < 4.78 is 1.57. The second-order valence-electron chi connectivity index (χ2n) is 5.77. The number of carbonyl (C=O) groups excluding carboxylic acids is 1. The van der Waals surface area contributed by atoms with E-state index in [1.54, 1.807) is 4.57 Å². The molecule has 3 rings (SSSR count). The van der Waals surface area contributed by atoms with Gasteiger partial charge in [0, 0.05) is 43.8 Å². The monoisotopic (exact) mass is 344 g/mol. The van der Waals surface area contributed by atoms with Gasteiger partial charge in [-0.15, -0.1) is 0 Å². The molecule has 1 aromatic carbocycles. The Morgan fingerprint density at radius 1 is 1.42 bits per heavy atom. The summed E-state index contributed by atoms with van der Waals surface area (Å²) in [6.07, 6.45) is 1.38. The minimum atomic E-state index is -0.368. The number of thioether (sulfide) groups is 1. The van der Waals surface area contributed by atoms with Crippen molar-refractivity contribution in [3.05, 3.63) is 52.4 Å². The predicted molar refractivity (Wildman–Crippen MR) is 95.9 cm³/mol. The van der Waals surface area contributed by atoms with E-state index in [4.69, 9.17) is 0 Å². The molecule has 1 amide bonds. The normalized spacial score (nSPS) is 14.1. The van der Waals surface area contributed by atoms with Crippen LogP contribution in [0, 0.1) is 0 Å². The number of benzene rings is 1. The van der Waals surface area contributed by atoms with E-state index in [0.717, 1.165) is 11.4 Å². The fraction of sp³-hybridized carbons (Fsp3) is 0.353. The van der Waals surface area contributed by atoms with Crippen molar-refractivity contribution in [3.63, 3.8) is 0 Å². The van der Waals surface area contributed by atoms with E-state index in [1.165, 1.54) is 18.0 Å². The maximum Gasteiger partial charge on any atom is 0.267 e. The zero-order chi connectivity index (χ0) is 17.1. The van der Waals surface area contributed by atoms with Gasteiger partial charge in [-0.1, -0.05) is 30.0 Å². The molecule has 1 aliphatic heterocycles. The first-order valence-electron chi connectivity index (χ1n) is 7.86. The second-order valence-corrected chi connectivity index (χ2v) is 6.83. The molecule has 0 saturated heterocycles. The van der Waals surface area contributed by atoms with E-state index in [9.17, 15) is 9.59 Å². The number of hydrogen-bond acceptors (Lipinski definition) is 5. The summed E-state index contributed by atoms with van der Waals surface area (Å²) in [5, 5.41) is 3.53. The molecule has 126 valence electrons. The number of para-hydroxylation sites is 1. The highest BCUT2D eigenvalue weighted by Gasteiger charge is 2.20. The number of amides is 1. The molecule has 1 aliphatic rings. The molecule has 1 N–H and O–H groups in total. The molecule has 0 fully saturated rings.